The molecule has 0 saturated carbocycles. The highest BCUT2D eigenvalue weighted by atomic mass is 16.5. The van der Waals surface area contributed by atoms with Crippen molar-refractivity contribution in [2.24, 2.45) is 0 Å². The molecule has 7 nitrogen and oxygen atoms in total. The van der Waals surface area contributed by atoms with Gasteiger partial charge in [0.2, 0.25) is 5.91 Å². The van der Waals surface area contributed by atoms with E-state index in [0.29, 0.717) is 17.1 Å². The van der Waals surface area contributed by atoms with Gasteiger partial charge < -0.3 is 25.0 Å². The maximum Gasteiger partial charge on any atom is 0.337 e. The second kappa shape index (κ2) is 7.36. The normalized spacial score (nSPS) is 10.1. The topological polar surface area (TPSA) is 108 Å². The number of aromatic carboxylic acids is 1. The molecule has 126 valence electrons. The lowest BCUT2D eigenvalue weighted by molar-refractivity contribution is -0.268. The highest BCUT2D eigenvalue weighted by Crippen LogP contribution is 2.28. The Kier molecular flexibility index (Phi) is 5.26. The summed E-state index contributed by atoms with van der Waals surface area (Å²) in [5.74, 6) is -1.10. The lowest BCUT2D eigenvalue weighted by Crippen LogP contribution is -2.17. The van der Waals surface area contributed by atoms with E-state index in [2.05, 4.69) is 5.32 Å². The lowest BCUT2D eigenvalue weighted by Gasteiger charge is -2.13. The van der Waals surface area contributed by atoms with E-state index in [-0.39, 0.29) is 17.7 Å². The zero-order chi connectivity index (χ0) is 17.7. The van der Waals surface area contributed by atoms with Crippen molar-refractivity contribution in [1.29, 1.82) is 0 Å². The van der Waals surface area contributed by atoms with Gasteiger partial charge in [0.25, 0.3) is 0 Å². The fourth-order valence-corrected chi connectivity index (χ4v) is 2.18. The number of rotatable bonds is 6. The van der Waals surface area contributed by atoms with Gasteiger partial charge in [-0.05, 0) is 23.8 Å². The summed E-state index contributed by atoms with van der Waals surface area (Å²) < 4.78 is 10.3. The van der Waals surface area contributed by atoms with E-state index in [1.165, 1.54) is 26.4 Å². The van der Waals surface area contributed by atoms with Crippen LogP contribution in [0.2, 0.25) is 0 Å². The molecule has 7 heteroatoms. The minimum Gasteiger partial charge on any atom is -0.872 e. The van der Waals surface area contributed by atoms with Crippen LogP contribution in [0.3, 0.4) is 0 Å². The fourth-order valence-electron chi connectivity index (χ4n) is 2.18. The van der Waals surface area contributed by atoms with Gasteiger partial charge in [-0.3, -0.25) is 4.79 Å². The van der Waals surface area contributed by atoms with Crippen molar-refractivity contribution < 1.29 is 29.3 Å². The van der Waals surface area contributed by atoms with Gasteiger partial charge in [0.15, 0.2) is 11.5 Å². The minimum absolute atomic E-state index is 0.0124. The Labute approximate surface area is 138 Å². The predicted octanol–water partition coefficient (Wildman–Crippen LogP) is 1.66. The number of carboxylic acid groups (broad SMARTS) is 1. The molecule has 0 aliphatic rings. The van der Waals surface area contributed by atoms with Crippen LogP contribution in [0.25, 0.3) is 0 Å². The first kappa shape index (κ1) is 17.1. The third-order valence-corrected chi connectivity index (χ3v) is 3.31. The summed E-state index contributed by atoms with van der Waals surface area (Å²) in [7, 11) is 3.00. The molecule has 0 saturated heterocycles. The van der Waals surface area contributed by atoms with Gasteiger partial charge in [-0.2, -0.15) is 0 Å². The van der Waals surface area contributed by atoms with Crippen LogP contribution in [-0.2, 0) is 11.2 Å². The van der Waals surface area contributed by atoms with Crippen molar-refractivity contribution in [3.8, 4) is 17.2 Å². The van der Waals surface area contributed by atoms with Crippen LogP contribution in [-0.4, -0.2) is 31.2 Å². The number of carboxylic acids is 1. The van der Waals surface area contributed by atoms with E-state index in [9.17, 15) is 14.7 Å². The maximum atomic E-state index is 12.1. The largest absolute Gasteiger partial charge is 0.872 e. The van der Waals surface area contributed by atoms with Gasteiger partial charge in [0, 0.05) is 0 Å². The van der Waals surface area contributed by atoms with E-state index in [1.807, 2.05) is 0 Å². The standard InChI is InChI=1S/C17H17NO6/c1-23-14-6-3-10(7-15(14)24-2)8-16(20)18-13-5-4-11(19)9-12(13)17(21)22/h3-7,9,19H,8H2,1-2H3,(H,18,20)(H,21,22)/p-1. The molecule has 0 radical (unpaired) electrons. The summed E-state index contributed by atoms with van der Waals surface area (Å²) >= 11 is 0. The summed E-state index contributed by atoms with van der Waals surface area (Å²) in [6.07, 6.45) is 0.0124. The highest BCUT2D eigenvalue weighted by Gasteiger charge is 2.13. The SMILES string of the molecule is COc1ccc(CC(=O)Nc2ccc([O-])cc2C(=O)O)cc1OC. The number of ether oxygens (including phenoxy) is 2. The molecule has 0 aliphatic carbocycles. The Morgan fingerprint density at radius 2 is 1.79 bits per heavy atom. The summed E-state index contributed by atoms with van der Waals surface area (Å²) in [6.45, 7) is 0. The lowest BCUT2D eigenvalue weighted by atomic mass is 10.1. The van der Waals surface area contributed by atoms with Gasteiger partial charge in [-0.25, -0.2) is 4.79 Å². The number of carbonyl (C=O) groups excluding carboxylic acids is 1. The first-order chi connectivity index (χ1) is 11.4. The first-order valence-corrected chi connectivity index (χ1v) is 6.99. The molecule has 0 bridgehead atoms. The number of methoxy groups -OCH3 is 2. The molecule has 0 unspecified atom stereocenters. The predicted molar refractivity (Wildman–Crippen MR) is 84.7 cm³/mol. The van der Waals surface area contributed by atoms with Crippen LogP contribution in [0.15, 0.2) is 36.4 Å². The number of hydrogen-bond acceptors (Lipinski definition) is 5. The van der Waals surface area contributed by atoms with Crippen LogP contribution < -0.4 is 19.9 Å². The molecular weight excluding hydrogens is 314 g/mol. The monoisotopic (exact) mass is 330 g/mol. The quantitative estimate of drug-likeness (QED) is 0.834. The van der Waals surface area contributed by atoms with Gasteiger partial charge in [0.05, 0.1) is 31.9 Å². The zero-order valence-electron chi connectivity index (χ0n) is 13.2. The third-order valence-electron chi connectivity index (χ3n) is 3.31. The molecule has 0 spiro atoms. The van der Waals surface area contributed by atoms with Gasteiger partial charge >= 0.3 is 5.97 Å². The number of hydrogen-bond donors (Lipinski definition) is 2. The Bertz CT molecular complexity index is 772. The van der Waals surface area contributed by atoms with Crippen molar-refractivity contribution >= 4 is 17.6 Å². The molecule has 1 amide bonds. The molecule has 2 N–H and O–H groups in total. The van der Waals surface area contributed by atoms with Gasteiger partial charge in [-0.15, -0.1) is 5.75 Å². The summed E-state index contributed by atoms with van der Waals surface area (Å²) in [5, 5.41) is 22.9. The maximum absolute atomic E-state index is 12.1. The number of nitrogens with one attached hydrogen (secondary N) is 1. The highest BCUT2D eigenvalue weighted by molar-refractivity contribution is 6.01. The Hall–Kier alpha value is -3.22. The molecule has 2 aromatic carbocycles. The zero-order valence-corrected chi connectivity index (χ0v) is 13.2. The molecule has 0 aromatic heterocycles. The molecule has 0 atom stereocenters. The fraction of sp³-hybridized carbons (Fsp3) is 0.176. The number of benzene rings is 2. The van der Waals surface area contributed by atoms with Gasteiger partial charge in [0.1, 0.15) is 0 Å². The number of amides is 1. The van der Waals surface area contributed by atoms with Crippen LogP contribution in [0.1, 0.15) is 15.9 Å². The molecule has 24 heavy (non-hydrogen) atoms. The van der Waals surface area contributed by atoms with E-state index in [1.54, 1.807) is 18.2 Å². The summed E-state index contributed by atoms with van der Waals surface area (Å²) in [5.41, 5.74) is 0.498. The second-order valence-electron chi connectivity index (χ2n) is 4.93. The third kappa shape index (κ3) is 3.95. The average molecular weight is 330 g/mol. The molecular formula is C17H16NO6-. The van der Waals surface area contributed by atoms with Crippen LogP contribution in [0.5, 0.6) is 17.2 Å². The van der Waals surface area contributed by atoms with Gasteiger partial charge in [-0.1, -0.05) is 18.2 Å². The van der Waals surface area contributed by atoms with E-state index in [4.69, 9.17) is 14.6 Å². The Morgan fingerprint density at radius 3 is 2.42 bits per heavy atom. The van der Waals surface area contributed by atoms with Crippen LogP contribution in [0.4, 0.5) is 5.69 Å². The van der Waals surface area contributed by atoms with Crippen LogP contribution in [0, 0.1) is 0 Å². The molecule has 0 heterocycles. The Balaban J connectivity index is 2.16. The van der Waals surface area contributed by atoms with E-state index in [0.717, 1.165) is 6.07 Å². The van der Waals surface area contributed by atoms with Crippen LogP contribution >= 0.6 is 0 Å². The van der Waals surface area contributed by atoms with Crippen molar-refractivity contribution in [2.75, 3.05) is 19.5 Å². The van der Waals surface area contributed by atoms with Crippen molar-refractivity contribution in [3.05, 3.63) is 47.5 Å². The van der Waals surface area contributed by atoms with Crippen molar-refractivity contribution in [3.63, 3.8) is 0 Å². The summed E-state index contributed by atoms with van der Waals surface area (Å²) in [4.78, 5) is 23.3. The second-order valence-corrected chi connectivity index (χ2v) is 4.93. The Morgan fingerprint density at radius 1 is 1.08 bits per heavy atom. The molecule has 0 fully saturated rings. The van der Waals surface area contributed by atoms with Crippen molar-refractivity contribution in [1.82, 2.24) is 0 Å². The molecule has 0 aliphatic heterocycles. The molecule has 2 rings (SSSR count). The van der Waals surface area contributed by atoms with E-state index < -0.39 is 17.6 Å². The number of carbonyl (C=O) groups is 2. The van der Waals surface area contributed by atoms with E-state index >= 15 is 0 Å². The first-order valence-electron chi connectivity index (χ1n) is 6.99. The minimum atomic E-state index is -1.28. The smallest absolute Gasteiger partial charge is 0.337 e. The number of anilines is 1. The molecule has 2 aromatic rings. The van der Waals surface area contributed by atoms with Crippen molar-refractivity contribution in [2.45, 2.75) is 6.42 Å². The summed E-state index contributed by atoms with van der Waals surface area (Å²) in [6, 6.07) is 8.48. The average Bonchev–Trinajstić information content (AvgIpc) is 2.56.